The first-order valence-corrected chi connectivity index (χ1v) is 11.3. The highest BCUT2D eigenvalue weighted by Gasteiger charge is 2.14. The first kappa shape index (κ1) is 20.7. The molecule has 4 N–H and O–H groups in total. The van der Waals surface area contributed by atoms with Gasteiger partial charge in [-0.3, -0.25) is 10.1 Å². The number of ether oxygens (including phenoxy) is 1. The lowest BCUT2D eigenvalue weighted by Gasteiger charge is -2.11. The van der Waals surface area contributed by atoms with E-state index in [4.69, 9.17) is 10.5 Å². The number of anilines is 3. The van der Waals surface area contributed by atoms with Gasteiger partial charge in [-0.2, -0.15) is 9.97 Å². The van der Waals surface area contributed by atoms with Gasteiger partial charge in [-0.25, -0.2) is 4.98 Å². The lowest BCUT2D eigenvalue weighted by molar-refractivity contribution is 0.461. The van der Waals surface area contributed by atoms with Crippen molar-refractivity contribution < 1.29 is 4.74 Å². The Labute approximate surface area is 193 Å². The molecule has 3 aromatic heterocycles. The van der Waals surface area contributed by atoms with Gasteiger partial charge in [0.15, 0.2) is 11.0 Å². The zero-order valence-electron chi connectivity index (χ0n) is 17.9. The van der Waals surface area contributed by atoms with E-state index in [0.717, 1.165) is 27.6 Å². The Morgan fingerprint density at radius 3 is 2.79 bits per heavy atom. The van der Waals surface area contributed by atoms with E-state index in [1.165, 1.54) is 11.8 Å². The number of aromatic amines is 1. The zero-order chi connectivity index (χ0) is 22.8. The third-order valence-electron chi connectivity index (χ3n) is 4.89. The molecule has 0 bridgehead atoms. The van der Waals surface area contributed by atoms with Crippen molar-refractivity contribution >= 4 is 40.0 Å². The largest absolute Gasteiger partial charge is 0.438 e. The van der Waals surface area contributed by atoms with Gasteiger partial charge < -0.3 is 15.8 Å². The van der Waals surface area contributed by atoms with Crippen LogP contribution in [0.5, 0.6) is 11.6 Å². The number of nitrogens with one attached hydrogen (secondary N) is 2. The van der Waals surface area contributed by atoms with Gasteiger partial charge in [0.1, 0.15) is 11.6 Å². The van der Waals surface area contributed by atoms with Crippen molar-refractivity contribution in [3.05, 3.63) is 66.5 Å². The molecular formula is C23H20N8OS. The number of H-pyrrole nitrogens is 1. The van der Waals surface area contributed by atoms with Gasteiger partial charge >= 0.3 is 0 Å². The van der Waals surface area contributed by atoms with Gasteiger partial charge in [-0.1, -0.05) is 23.9 Å². The summed E-state index contributed by atoms with van der Waals surface area (Å²) in [5.74, 6) is 2.43. The van der Waals surface area contributed by atoms with Gasteiger partial charge in [0.25, 0.3) is 0 Å². The van der Waals surface area contributed by atoms with E-state index in [1.54, 1.807) is 18.5 Å². The number of aryl methyl sites for hydroxylation is 1. The van der Waals surface area contributed by atoms with E-state index in [2.05, 4.69) is 35.5 Å². The quantitative estimate of drug-likeness (QED) is 0.240. The summed E-state index contributed by atoms with van der Waals surface area (Å²) in [5.41, 5.74) is 8.83. The van der Waals surface area contributed by atoms with Crippen molar-refractivity contribution in [1.29, 1.82) is 0 Å². The van der Waals surface area contributed by atoms with Crippen LogP contribution in [-0.2, 0) is 0 Å². The van der Waals surface area contributed by atoms with E-state index < -0.39 is 0 Å². The average Bonchev–Trinajstić information content (AvgIpc) is 3.27. The summed E-state index contributed by atoms with van der Waals surface area (Å²) in [6, 6.07) is 15.3. The average molecular weight is 457 g/mol. The standard InChI is InChI=1S/C23H20N8OS/c1-13-4-3-5-14(10-13)26-22-29-21(30-31-22)16-6-7-18(17-12-25-9-8-15(16)17)32-20-11-19(24)27-23(28-20)33-2/h3-12H,1-2H3,(H2,24,27,28)(H2,26,29,30,31). The Morgan fingerprint density at radius 2 is 1.94 bits per heavy atom. The first-order valence-electron chi connectivity index (χ1n) is 10.1. The fraction of sp³-hybridized carbons (Fsp3) is 0.0870. The third kappa shape index (κ3) is 4.41. The second kappa shape index (κ2) is 8.75. The highest BCUT2D eigenvalue weighted by molar-refractivity contribution is 7.98. The van der Waals surface area contributed by atoms with Crippen molar-refractivity contribution in [3.63, 3.8) is 0 Å². The van der Waals surface area contributed by atoms with Crippen LogP contribution in [0.4, 0.5) is 17.5 Å². The second-order valence-electron chi connectivity index (χ2n) is 7.25. The van der Waals surface area contributed by atoms with Crippen LogP contribution in [0, 0.1) is 6.92 Å². The lowest BCUT2D eigenvalue weighted by Crippen LogP contribution is -1.98. The number of nitrogens with zero attached hydrogens (tertiary/aromatic N) is 5. The summed E-state index contributed by atoms with van der Waals surface area (Å²) in [7, 11) is 0. The van der Waals surface area contributed by atoms with Crippen LogP contribution in [0.1, 0.15) is 5.56 Å². The van der Waals surface area contributed by atoms with Crippen molar-refractivity contribution in [3.8, 4) is 23.0 Å². The van der Waals surface area contributed by atoms with Crippen LogP contribution in [-0.4, -0.2) is 36.4 Å². The number of aromatic nitrogens is 6. The van der Waals surface area contributed by atoms with E-state index in [-0.39, 0.29) is 0 Å². The van der Waals surface area contributed by atoms with Crippen LogP contribution >= 0.6 is 11.8 Å². The van der Waals surface area contributed by atoms with Crippen LogP contribution in [0.25, 0.3) is 22.2 Å². The molecule has 0 fully saturated rings. The Balaban J connectivity index is 1.49. The van der Waals surface area contributed by atoms with Crippen molar-refractivity contribution in [2.75, 3.05) is 17.3 Å². The molecule has 0 unspecified atom stereocenters. The number of nitrogen functional groups attached to an aromatic ring is 1. The predicted octanol–water partition coefficient (Wildman–Crippen LogP) is 4.96. The summed E-state index contributed by atoms with van der Waals surface area (Å²) in [6.07, 6.45) is 5.36. The number of rotatable bonds is 6. The third-order valence-corrected chi connectivity index (χ3v) is 5.44. The van der Waals surface area contributed by atoms with Gasteiger partial charge in [-0.05, 0) is 54.5 Å². The summed E-state index contributed by atoms with van der Waals surface area (Å²) < 4.78 is 6.06. The van der Waals surface area contributed by atoms with Crippen LogP contribution in [0.3, 0.4) is 0 Å². The minimum Gasteiger partial charge on any atom is -0.438 e. The molecule has 3 heterocycles. The van der Waals surface area contributed by atoms with Crippen molar-refractivity contribution in [2.24, 2.45) is 0 Å². The lowest BCUT2D eigenvalue weighted by atomic mass is 10.1. The minimum absolute atomic E-state index is 0.346. The molecule has 5 rings (SSSR count). The molecule has 9 nitrogen and oxygen atoms in total. The Bertz CT molecular complexity index is 1450. The highest BCUT2D eigenvalue weighted by atomic mass is 32.2. The normalized spacial score (nSPS) is 11.0. The number of benzene rings is 2. The molecule has 0 aliphatic rings. The van der Waals surface area contributed by atoms with Crippen LogP contribution < -0.4 is 15.8 Å². The Kier molecular flexibility index (Phi) is 5.49. The summed E-state index contributed by atoms with van der Waals surface area (Å²) in [4.78, 5) is 17.4. The first-order chi connectivity index (χ1) is 16.1. The van der Waals surface area contributed by atoms with Gasteiger partial charge in [0, 0.05) is 35.1 Å². The molecule has 5 aromatic rings. The molecule has 2 aromatic carbocycles. The number of hydrogen-bond donors (Lipinski definition) is 3. The molecule has 10 heteroatoms. The minimum atomic E-state index is 0.346. The van der Waals surface area contributed by atoms with Gasteiger partial charge in [-0.15, -0.1) is 5.10 Å². The van der Waals surface area contributed by atoms with E-state index >= 15 is 0 Å². The van der Waals surface area contributed by atoms with Crippen LogP contribution in [0.15, 0.2) is 66.1 Å². The molecule has 0 spiro atoms. The van der Waals surface area contributed by atoms with E-state index in [0.29, 0.717) is 34.4 Å². The van der Waals surface area contributed by atoms with Gasteiger partial charge in [0.05, 0.1) is 0 Å². The number of thioether (sulfide) groups is 1. The molecule has 0 saturated heterocycles. The molecule has 0 saturated carbocycles. The monoisotopic (exact) mass is 456 g/mol. The topological polar surface area (TPSA) is 128 Å². The number of fused-ring (bicyclic) bond motifs is 1. The summed E-state index contributed by atoms with van der Waals surface area (Å²) in [5, 5.41) is 12.8. The maximum Gasteiger partial charge on any atom is 0.246 e. The molecule has 33 heavy (non-hydrogen) atoms. The molecule has 164 valence electrons. The van der Waals surface area contributed by atoms with Crippen molar-refractivity contribution in [1.82, 2.24) is 30.1 Å². The fourth-order valence-electron chi connectivity index (χ4n) is 3.43. The fourth-order valence-corrected chi connectivity index (χ4v) is 3.80. The molecule has 0 amide bonds. The van der Waals surface area contributed by atoms with E-state index in [9.17, 15) is 0 Å². The second-order valence-corrected chi connectivity index (χ2v) is 8.03. The molecular weight excluding hydrogens is 436 g/mol. The highest BCUT2D eigenvalue weighted by Crippen LogP contribution is 2.35. The van der Waals surface area contributed by atoms with E-state index in [1.807, 2.05) is 55.6 Å². The molecule has 0 aliphatic heterocycles. The molecule has 0 aliphatic carbocycles. The molecule has 0 radical (unpaired) electrons. The van der Waals surface area contributed by atoms with Crippen LogP contribution in [0.2, 0.25) is 0 Å². The maximum absolute atomic E-state index is 6.06. The predicted molar refractivity (Wildman–Crippen MR) is 130 cm³/mol. The maximum atomic E-state index is 6.06. The SMILES string of the molecule is CSc1nc(N)cc(Oc2ccc(-c3nc(Nc4cccc(C)c4)n[nH]3)c3ccncc23)n1. The van der Waals surface area contributed by atoms with Gasteiger partial charge in [0.2, 0.25) is 11.8 Å². The number of nitrogens with two attached hydrogens (primary N) is 1. The zero-order valence-corrected chi connectivity index (χ0v) is 18.7. The smallest absolute Gasteiger partial charge is 0.246 e. The number of pyridine rings is 1. The summed E-state index contributed by atoms with van der Waals surface area (Å²) >= 11 is 1.39. The summed E-state index contributed by atoms with van der Waals surface area (Å²) in [6.45, 7) is 2.04. The van der Waals surface area contributed by atoms with Crippen molar-refractivity contribution in [2.45, 2.75) is 12.1 Å². The number of hydrogen-bond acceptors (Lipinski definition) is 9. The Hall–Kier alpha value is -4.18. The molecule has 0 atom stereocenters. The Morgan fingerprint density at radius 1 is 1.03 bits per heavy atom.